The number of benzene rings is 2. The molecule has 0 spiro atoms. The van der Waals surface area contributed by atoms with Crippen molar-refractivity contribution in [1.29, 1.82) is 0 Å². The second kappa shape index (κ2) is 8.85. The number of hydrogen-bond donors (Lipinski definition) is 0. The number of anilines is 1. The van der Waals surface area contributed by atoms with Gasteiger partial charge in [0.2, 0.25) is 5.91 Å². The minimum absolute atomic E-state index is 0.238. The average molecular weight is 437 g/mol. The highest BCUT2D eigenvalue weighted by molar-refractivity contribution is 7.18. The van der Waals surface area contributed by atoms with Crippen LogP contribution in [-0.4, -0.2) is 67.1 Å². The number of piperazine rings is 1. The molecule has 31 heavy (non-hydrogen) atoms. The number of rotatable bonds is 5. The molecule has 2 aromatic carbocycles. The third kappa shape index (κ3) is 4.25. The molecule has 0 radical (unpaired) electrons. The SMILES string of the molecule is COc1ccc(N2CCN(C(=O)CN3CCC[C@H]3c3nc4ccccc4s3)CC2)cc1. The van der Waals surface area contributed by atoms with E-state index in [2.05, 4.69) is 40.1 Å². The van der Waals surface area contributed by atoms with Crippen LogP contribution in [0, 0.1) is 0 Å². The number of carbonyl (C=O) groups excluding carboxylic acids is 1. The van der Waals surface area contributed by atoms with Crippen molar-refractivity contribution in [3.63, 3.8) is 0 Å². The number of thiazole rings is 1. The monoisotopic (exact) mass is 436 g/mol. The standard InChI is InChI=1S/C24H28N4O2S/c1-30-19-10-8-18(9-11-19)26-13-15-27(16-14-26)23(29)17-28-12-4-6-21(28)24-25-20-5-2-3-7-22(20)31-24/h2-3,5,7-11,21H,4,6,12-17H2,1H3/t21-/m0/s1. The normalized spacial score (nSPS) is 19.8. The lowest BCUT2D eigenvalue weighted by atomic mass is 10.2. The molecule has 1 atom stereocenters. The minimum Gasteiger partial charge on any atom is -0.497 e. The van der Waals surface area contributed by atoms with Crippen LogP contribution in [0.15, 0.2) is 48.5 Å². The van der Waals surface area contributed by atoms with Crippen LogP contribution in [-0.2, 0) is 4.79 Å². The summed E-state index contributed by atoms with van der Waals surface area (Å²) in [6.07, 6.45) is 2.21. The molecular formula is C24H28N4O2S. The molecule has 1 aromatic heterocycles. The van der Waals surface area contributed by atoms with Crippen molar-refractivity contribution in [1.82, 2.24) is 14.8 Å². The number of nitrogens with zero attached hydrogens (tertiary/aromatic N) is 4. The van der Waals surface area contributed by atoms with E-state index >= 15 is 0 Å². The van der Waals surface area contributed by atoms with Gasteiger partial charge in [-0.25, -0.2) is 4.98 Å². The Labute approximate surface area is 187 Å². The second-order valence-electron chi connectivity index (χ2n) is 8.21. The molecule has 3 heterocycles. The van der Waals surface area contributed by atoms with E-state index in [1.54, 1.807) is 18.4 Å². The first-order valence-corrected chi connectivity index (χ1v) is 11.8. The molecule has 7 heteroatoms. The summed E-state index contributed by atoms with van der Waals surface area (Å²) in [5, 5.41) is 1.15. The van der Waals surface area contributed by atoms with Crippen molar-refractivity contribution in [2.75, 3.05) is 51.3 Å². The molecule has 6 nitrogen and oxygen atoms in total. The highest BCUT2D eigenvalue weighted by Crippen LogP contribution is 2.36. The van der Waals surface area contributed by atoms with Crippen LogP contribution in [0.25, 0.3) is 10.2 Å². The predicted octanol–water partition coefficient (Wildman–Crippen LogP) is 3.79. The topological polar surface area (TPSA) is 48.9 Å². The molecule has 1 amide bonds. The van der Waals surface area contributed by atoms with Crippen LogP contribution in [0.2, 0.25) is 0 Å². The van der Waals surface area contributed by atoms with Crippen LogP contribution in [0.4, 0.5) is 5.69 Å². The molecule has 0 aliphatic carbocycles. The van der Waals surface area contributed by atoms with Crippen LogP contribution >= 0.6 is 11.3 Å². The van der Waals surface area contributed by atoms with Gasteiger partial charge in [0, 0.05) is 31.9 Å². The first kappa shape index (κ1) is 20.3. The Morgan fingerprint density at radius 2 is 1.84 bits per heavy atom. The molecule has 2 fully saturated rings. The van der Waals surface area contributed by atoms with Gasteiger partial charge in [0.1, 0.15) is 10.8 Å². The van der Waals surface area contributed by atoms with Gasteiger partial charge in [0.05, 0.1) is 29.9 Å². The molecule has 162 valence electrons. The summed E-state index contributed by atoms with van der Waals surface area (Å²) in [5.74, 6) is 1.10. The van der Waals surface area contributed by atoms with Gasteiger partial charge in [-0.15, -0.1) is 11.3 Å². The zero-order valence-electron chi connectivity index (χ0n) is 17.9. The number of amides is 1. The summed E-state index contributed by atoms with van der Waals surface area (Å²) < 4.78 is 6.47. The fourth-order valence-corrected chi connectivity index (χ4v) is 5.75. The van der Waals surface area contributed by atoms with Gasteiger partial charge >= 0.3 is 0 Å². The van der Waals surface area contributed by atoms with E-state index in [1.807, 2.05) is 23.1 Å². The zero-order chi connectivity index (χ0) is 21.2. The van der Waals surface area contributed by atoms with Crippen molar-refractivity contribution in [2.45, 2.75) is 18.9 Å². The number of ether oxygens (including phenoxy) is 1. The molecule has 0 saturated carbocycles. The van der Waals surface area contributed by atoms with Gasteiger partial charge in [0.15, 0.2) is 0 Å². The summed E-state index contributed by atoms with van der Waals surface area (Å²) in [6, 6.07) is 16.7. The molecule has 2 aliphatic rings. The van der Waals surface area contributed by atoms with Crippen LogP contribution < -0.4 is 9.64 Å². The third-order valence-corrected chi connectivity index (χ3v) is 7.51. The third-order valence-electron chi connectivity index (χ3n) is 6.37. The molecular weight excluding hydrogens is 408 g/mol. The van der Waals surface area contributed by atoms with E-state index < -0.39 is 0 Å². The fraction of sp³-hybridized carbons (Fsp3) is 0.417. The van der Waals surface area contributed by atoms with E-state index in [-0.39, 0.29) is 11.9 Å². The fourth-order valence-electron chi connectivity index (χ4n) is 4.61. The van der Waals surface area contributed by atoms with Crippen molar-refractivity contribution < 1.29 is 9.53 Å². The van der Waals surface area contributed by atoms with Gasteiger partial charge in [-0.05, 0) is 55.8 Å². The number of likely N-dealkylation sites (tertiary alicyclic amines) is 1. The maximum atomic E-state index is 13.1. The van der Waals surface area contributed by atoms with Gasteiger partial charge in [-0.1, -0.05) is 12.1 Å². The first-order chi connectivity index (χ1) is 15.2. The van der Waals surface area contributed by atoms with E-state index in [1.165, 1.54) is 10.4 Å². The number of hydrogen-bond acceptors (Lipinski definition) is 6. The Hall–Kier alpha value is -2.64. The van der Waals surface area contributed by atoms with Crippen LogP contribution in [0.1, 0.15) is 23.9 Å². The lowest BCUT2D eigenvalue weighted by molar-refractivity contribution is -0.133. The van der Waals surface area contributed by atoms with Crippen molar-refractivity contribution in [2.24, 2.45) is 0 Å². The Morgan fingerprint density at radius 3 is 2.58 bits per heavy atom. The predicted molar refractivity (Wildman–Crippen MR) is 125 cm³/mol. The van der Waals surface area contributed by atoms with Gasteiger partial charge < -0.3 is 14.5 Å². The second-order valence-corrected chi connectivity index (χ2v) is 9.28. The molecule has 2 saturated heterocycles. The summed E-state index contributed by atoms with van der Waals surface area (Å²) >= 11 is 1.77. The summed E-state index contributed by atoms with van der Waals surface area (Å²) in [5.41, 5.74) is 2.25. The quantitative estimate of drug-likeness (QED) is 0.609. The number of para-hydroxylation sites is 1. The Kier molecular flexibility index (Phi) is 5.78. The average Bonchev–Trinajstić information content (AvgIpc) is 3.45. The van der Waals surface area contributed by atoms with Gasteiger partial charge in [-0.3, -0.25) is 9.69 Å². The number of carbonyl (C=O) groups is 1. The Balaban J connectivity index is 1.19. The van der Waals surface area contributed by atoms with Crippen molar-refractivity contribution in [3.8, 4) is 5.75 Å². The van der Waals surface area contributed by atoms with Gasteiger partial charge in [-0.2, -0.15) is 0 Å². The molecule has 0 N–H and O–H groups in total. The van der Waals surface area contributed by atoms with Crippen LogP contribution in [0.3, 0.4) is 0 Å². The first-order valence-electron chi connectivity index (χ1n) is 11.0. The highest BCUT2D eigenvalue weighted by atomic mass is 32.1. The largest absolute Gasteiger partial charge is 0.497 e. The molecule has 2 aliphatic heterocycles. The number of methoxy groups -OCH3 is 1. The zero-order valence-corrected chi connectivity index (χ0v) is 18.7. The molecule has 5 rings (SSSR count). The molecule has 3 aromatic rings. The summed E-state index contributed by atoms with van der Waals surface area (Å²) in [6.45, 7) is 4.72. The molecule has 0 unspecified atom stereocenters. The van der Waals surface area contributed by atoms with Crippen molar-refractivity contribution in [3.05, 3.63) is 53.5 Å². The summed E-state index contributed by atoms with van der Waals surface area (Å²) in [7, 11) is 1.68. The Bertz CT molecular complexity index is 1010. The Morgan fingerprint density at radius 1 is 1.06 bits per heavy atom. The van der Waals surface area contributed by atoms with E-state index in [4.69, 9.17) is 9.72 Å². The maximum Gasteiger partial charge on any atom is 0.236 e. The van der Waals surface area contributed by atoms with Gasteiger partial charge in [0.25, 0.3) is 0 Å². The van der Waals surface area contributed by atoms with E-state index in [9.17, 15) is 4.79 Å². The molecule has 0 bridgehead atoms. The highest BCUT2D eigenvalue weighted by Gasteiger charge is 2.32. The lowest BCUT2D eigenvalue weighted by Gasteiger charge is -2.37. The van der Waals surface area contributed by atoms with Crippen LogP contribution in [0.5, 0.6) is 5.75 Å². The van der Waals surface area contributed by atoms with E-state index in [0.717, 1.165) is 61.8 Å². The lowest BCUT2D eigenvalue weighted by Crippen LogP contribution is -2.51. The minimum atomic E-state index is 0.238. The smallest absolute Gasteiger partial charge is 0.236 e. The maximum absolute atomic E-state index is 13.1. The number of fused-ring (bicyclic) bond motifs is 1. The van der Waals surface area contributed by atoms with Crippen molar-refractivity contribution >= 4 is 33.1 Å². The number of aromatic nitrogens is 1. The van der Waals surface area contributed by atoms with E-state index in [0.29, 0.717) is 6.54 Å². The summed E-state index contributed by atoms with van der Waals surface area (Å²) in [4.78, 5) is 24.6.